The number of halogens is 1. The molecule has 6 atom stereocenters. The second kappa shape index (κ2) is 9.87. The standard InChI is InChI=1S/C28H32ClN3O6/c1-4-37-20-11-9-19(10-12-20)30-24(34)21-22-26(36)32(13-14-33)23(28(22)15-16(2)27(21,3)38-28)25(35)31-18-7-5-17(29)6-8-18/h5-12,16,21-23,33H,4,13-15H2,1-3H3,(H,30,34)(H,31,35)/t16?,21-,22+,23?,27+,28?/m1/s1. The molecule has 3 N–H and O–H groups in total. The van der Waals surface area contributed by atoms with Crippen molar-refractivity contribution in [2.75, 3.05) is 30.4 Å². The van der Waals surface area contributed by atoms with Crippen LogP contribution in [0.15, 0.2) is 48.5 Å². The molecule has 9 nitrogen and oxygen atoms in total. The van der Waals surface area contributed by atoms with Crippen LogP contribution >= 0.6 is 11.6 Å². The highest BCUT2D eigenvalue weighted by atomic mass is 35.5. The number of β-amino-alcohol motifs (C(OH)–C–C–N with tert-alkyl or cyclic N) is 1. The predicted molar refractivity (Wildman–Crippen MR) is 142 cm³/mol. The summed E-state index contributed by atoms with van der Waals surface area (Å²) in [6, 6.07) is 12.7. The van der Waals surface area contributed by atoms with Gasteiger partial charge in [-0.1, -0.05) is 18.5 Å². The molecule has 3 unspecified atom stereocenters. The summed E-state index contributed by atoms with van der Waals surface area (Å²) in [7, 11) is 0. The lowest BCUT2D eigenvalue weighted by Gasteiger charge is -2.36. The van der Waals surface area contributed by atoms with Crippen LogP contribution in [0, 0.1) is 17.8 Å². The van der Waals surface area contributed by atoms with Crippen molar-refractivity contribution in [2.45, 2.75) is 44.4 Å². The summed E-state index contributed by atoms with van der Waals surface area (Å²) in [5.41, 5.74) is -1.05. The summed E-state index contributed by atoms with van der Waals surface area (Å²) in [5.74, 6) is -2.22. The average molecular weight is 542 g/mol. The van der Waals surface area contributed by atoms with E-state index in [2.05, 4.69) is 10.6 Å². The predicted octanol–water partition coefficient (Wildman–Crippen LogP) is 3.32. The van der Waals surface area contributed by atoms with Crippen molar-refractivity contribution in [2.24, 2.45) is 17.8 Å². The number of aliphatic hydroxyl groups excluding tert-OH is 1. The van der Waals surface area contributed by atoms with Crippen molar-refractivity contribution in [3.63, 3.8) is 0 Å². The SMILES string of the molecule is CCOc1ccc(NC(=O)[C@H]2[C@H]3C(=O)N(CCO)C(C(=O)Nc4ccc(Cl)cc4)C34CC(C)[C@]2(C)O4)cc1. The van der Waals surface area contributed by atoms with Crippen LogP contribution in [-0.2, 0) is 19.1 Å². The van der Waals surface area contributed by atoms with E-state index in [1.54, 1.807) is 48.5 Å². The number of carbonyl (C=O) groups excluding carboxylic acids is 3. The summed E-state index contributed by atoms with van der Waals surface area (Å²) in [5, 5.41) is 16.1. The number of aliphatic hydroxyl groups is 1. The van der Waals surface area contributed by atoms with Crippen LogP contribution in [-0.4, -0.2) is 64.7 Å². The molecule has 5 rings (SSSR count). The number of ether oxygens (including phenoxy) is 2. The Bertz CT molecular complexity index is 1240. The van der Waals surface area contributed by atoms with Gasteiger partial charge in [0.1, 0.15) is 17.4 Å². The van der Waals surface area contributed by atoms with Gasteiger partial charge in [0, 0.05) is 22.9 Å². The Balaban J connectivity index is 1.47. The van der Waals surface area contributed by atoms with E-state index in [-0.39, 0.29) is 30.9 Å². The van der Waals surface area contributed by atoms with Gasteiger partial charge >= 0.3 is 0 Å². The molecule has 202 valence electrons. The first-order valence-corrected chi connectivity index (χ1v) is 13.2. The van der Waals surface area contributed by atoms with Gasteiger partial charge in [-0.2, -0.15) is 0 Å². The van der Waals surface area contributed by atoms with Gasteiger partial charge in [0.25, 0.3) is 0 Å². The lowest BCUT2D eigenvalue weighted by molar-refractivity contribution is -0.144. The van der Waals surface area contributed by atoms with Crippen LogP contribution in [0.2, 0.25) is 5.02 Å². The normalized spacial score (nSPS) is 31.3. The second-order valence-electron chi connectivity index (χ2n) is 10.4. The van der Waals surface area contributed by atoms with Crippen molar-refractivity contribution < 1.29 is 29.0 Å². The molecule has 0 aromatic heterocycles. The summed E-state index contributed by atoms with van der Waals surface area (Å²) in [6.45, 7) is 5.89. The second-order valence-corrected chi connectivity index (χ2v) is 10.8. The van der Waals surface area contributed by atoms with Gasteiger partial charge in [0.15, 0.2) is 0 Å². The van der Waals surface area contributed by atoms with Crippen molar-refractivity contribution in [3.05, 3.63) is 53.6 Å². The Hall–Kier alpha value is -3.14. The van der Waals surface area contributed by atoms with Crippen molar-refractivity contribution in [1.82, 2.24) is 4.90 Å². The summed E-state index contributed by atoms with van der Waals surface area (Å²) in [6.07, 6.45) is 0.438. The highest BCUT2D eigenvalue weighted by Gasteiger charge is 2.79. The Kier molecular flexibility index (Phi) is 6.87. The molecule has 2 aromatic rings. The van der Waals surface area contributed by atoms with E-state index < -0.39 is 35.0 Å². The third-order valence-corrected chi connectivity index (χ3v) is 8.48. The fraction of sp³-hybridized carbons (Fsp3) is 0.464. The van der Waals surface area contributed by atoms with Crippen LogP contribution in [0.1, 0.15) is 27.2 Å². The molecule has 0 saturated carbocycles. The van der Waals surface area contributed by atoms with Gasteiger partial charge in [0.05, 0.1) is 30.7 Å². The monoisotopic (exact) mass is 541 g/mol. The Labute approximate surface area is 226 Å². The first-order valence-electron chi connectivity index (χ1n) is 12.9. The van der Waals surface area contributed by atoms with E-state index in [0.717, 1.165) is 0 Å². The molecule has 0 aliphatic carbocycles. The molecule has 3 amide bonds. The van der Waals surface area contributed by atoms with Crippen LogP contribution < -0.4 is 15.4 Å². The molecule has 3 aliphatic heterocycles. The maximum Gasteiger partial charge on any atom is 0.250 e. The van der Waals surface area contributed by atoms with Gasteiger partial charge in [-0.05, 0) is 74.7 Å². The minimum absolute atomic E-state index is 0.0442. The summed E-state index contributed by atoms with van der Waals surface area (Å²) >= 11 is 5.98. The van der Waals surface area contributed by atoms with Gasteiger partial charge in [0.2, 0.25) is 17.7 Å². The molecular formula is C28H32ClN3O6. The topological polar surface area (TPSA) is 117 Å². The zero-order valence-corrected chi connectivity index (χ0v) is 22.3. The van der Waals surface area contributed by atoms with Crippen molar-refractivity contribution in [1.29, 1.82) is 0 Å². The molecule has 3 heterocycles. The number of likely N-dealkylation sites (tertiary alicyclic amines) is 1. The number of benzene rings is 2. The Morgan fingerprint density at radius 3 is 2.32 bits per heavy atom. The number of anilines is 2. The summed E-state index contributed by atoms with van der Waals surface area (Å²) < 4.78 is 12.1. The number of nitrogens with one attached hydrogen (secondary N) is 2. The van der Waals surface area contributed by atoms with Gasteiger partial charge in [-0.3, -0.25) is 14.4 Å². The molecule has 2 aromatic carbocycles. The number of fused-ring (bicyclic) bond motifs is 1. The summed E-state index contributed by atoms with van der Waals surface area (Å²) in [4.78, 5) is 42.7. The fourth-order valence-corrected chi connectivity index (χ4v) is 6.68. The number of rotatable bonds is 8. The van der Waals surface area contributed by atoms with Crippen molar-refractivity contribution >= 4 is 40.7 Å². The van der Waals surface area contributed by atoms with E-state index in [0.29, 0.717) is 35.2 Å². The van der Waals surface area contributed by atoms with Gasteiger partial charge in [-0.25, -0.2) is 0 Å². The van der Waals surface area contributed by atoms with Crippen LogP contribution in [0.3, 0.4) is 0 Å². The number of amides is 3. The minimum atomic E-state index is -1.20. The third kappa shape index (κ3) is 4.13. The smallest absolute Gasteiger partial charge is 0.250 e. The van der Waals surface area contributed by atoms with E-state index in [4.69, 9.17) is 21.1 Å². The minimum Gasteiger partial charge on any atom is -0.494 e. The highest BCUT2D eigenvalue weighted by molar-refractivity contribution is 6.30. The first-order chi connectivity index (χ1) is 18.1. The molecule has 38 heavy (non-hydrogen) atoms. The molecule has 3 saturated heterocycles. The number of hydrogen-bond donors (Lipinski definition) is 3. The highest BCUT2D eigenvalue weighted by Crippen LogP contribution is 2.65. The first kappa shape index (κ1) is 26.5. The average Bonchev–Trinajstić information content (AvgIpc) is 3.39. The third-order valence-electron chi connectivity index (χ3n) is 8.23. The largest absolute Gasteiger partial charge is 0.494 e. The van der Waals surface area contributed by atoms with E-state index in [1.807, 2.05) is 20.8 Å². The lowest BCUT2D eigenvalue weighted by atomic mass is 9.62. The molecular weight excluding hydrogens is 510 g/mol. The van der Waals surface area contributed by atoms with Crippen LogP contribution in [0.4, 0.5) is 11.4 Å². The quantitative estimate of drug-likeness (QED) is 0.472. The maximum atomic E-state index is 13.8. The zero-order chi connectivity index (χ0) is 27.2. The van der Waals surface area contributed by atoms with Crippen LogP contribution in [0.25, 0.3) is 0 Å². The van der Waals surface area contributed by atoms with Gasteiger partial charge in [-0.15, -0.1) is 0 Å². The number of carbonyl (C=O) groups is 3. The molecule has 1 spiro atoms. The van der Waals surface area contributed by atoms with E-state index in [1.165, 1.54) is 4.90 Å². The van der Waals surface area contributed by atoms with E-state index in [9.17, 15) is 19.5 Å². The van der Waals surface area contributed by atoms with E-state index >= 15 is 0 Å². The lowest BCUT2D eigenvalue weighted by Crippen LogP contribution is -2.54. The molecule has 3 aliphatic rings. The number of hydrogen-bond acceptors (Lipinski definition) is 6. The Morgan fingerprint density at radius 1 is 1.11 bits per heavy atom. The molecule has 0 radical (unpaired) electrons. The molecule has 3 fully saturated rings. The maximum absolute atomic E-state index is 13.8. The number of nitrogens with zero attached hydrogens (tertiary/aromatic N) is 1. The molecule has 2 bridgehead atoms. The fourth-order valence-electron chi connectivity index (χ4n) is 6.55. The van der Waals surface area contributed by atoms with Crippen molar-refractivity contribution in [3.8, 4) is 5.75 Å². The zero-order valence-electron chi connectivity index (χ0n) is 21.6. The Morgan fingerprint density at radius 2 is 1.71 bits per heavy atom. The van der Waals surface area contributed by atoms with Crippen LogP contribution in [0.5, 0.6) is 5.75 Å². The molecule has 10 heteroatoms. The van der Waals surface area contributed by atoms with Gasteiger partial charge < -0.3 is 30.1 Å².